The van der Waals surface area contributed by atoms with Gasteiger partial charge in [-0.2, -0.15) is 11.8 Å². The van der Waals surface area contributed by atoms with E-state index in [1.54, 1.807) is 0 Å². The minimum atomic E-state index is -3.93. The summed E-state index contributed by atoms with van der Waals surface area (Å²) in [5.74, 6) is -1.92. The van der Waals surface area contributed by atoms with Crippen LogP contribution in [0.15, 0.2) is 17.0 Å². The maximum Gasteiger partial charge on any atom is 0.184 e. The van der Waals surface area contributed by atoms with Crippen LogP contribution in [0.25, 0.3) is 0 Å². The molecule has 1 rings (SSSR count). The molecule has 0 aromatic heterocycles. The third-order valence-electron chi connectivity index (χ3n) is 2.09. The molecule has 0 aliphatic carbocycles. The lowest BCUT2D eigenvalue weighted by molar-refractivity contribution is 0.520. The molecule has 0 amide bonds. The molecule has 3 nitrogen and oxygen atoms in total. The van der Waals surface area contributed by atoms with Gasteiger partial charge in [0.2, 0.25) is 0 Å². The van der Waals surface area contributed by atoms with E-state index in [0.29, 0.717) is 12.2 Å². The van der Waals surface area contributed by atoms with E-state index in [1.165, 1.54) is 11.8 Å². The van der Waals surface area contributed by atoms with Crippen LogP contribution in [0, 0.1) is 11.6 Å². The molecule has 0 saturated heterocycles. The monoisotopic (exact) mass is 281 g/mol. The average Bonchev–Trinajstić information content (AvgIpc) is 2.15. The third-order valence-corrected chi connectivity index (χ3v) is 4.63. The van der Waals surface area contributed by atoms with Crippen molar-refractivity contribution in [1.82, 2.24) is 0 Å². The summed E-state index contributed by atoms with van der Waals surface area (Å²) in [6.07, 6.45) is 2.18. The number of nitrogens with two attached hydrogens (primary N) is 1. The number of nitrogen functional groups attached to an aromatic ring is 1. The first-order chi connectivity index (χ1) is 7.88. The SMILES string of the molecule is CSCCCS(=O)(=O)c1c(F)cc(N)cc1F. The molecule has 0 heterocycles. The van der Waals surface area contributed by atoms with E-state index in [-0.39, 0.29) is 11.4 Å². The first-order valence-corrected chi connectivity index (χ1v) is 7.89. The molecule has 7 heteroatoms. The second-order valence-corrected chi connectivity index (χ2v) is 6.51. The van der Waals surface area contributed by atoms with E-state index >= 15 is 0 Å². The molecule has 0 spiro atoms. The molecule has 1 aromatic carbocycles. The lowest BCUT2D eigenvalue weighted by Crippen LogP contribution is -2.12. The maximum absolute atomic E-state index is 13.4. The van der Waals surface area contributed by atoms with Crippen LogP contribution in [0.4, 0.5) is 14.5 Å². The van der Waals surface area contributed by atoms with Gasteiger partial charge in [-0.1, -0.05) is 0 Å². The first-order valence-electron chi connectivity index (χ1n) is 4.84. The summed E-state index contributed by atoms with van der Waals surface area (Å²) in [7, 11) is -3.93. The zero-order chi connectivity index (χ0) is 13.1. The van der Waals surface area contributed by atoms with Crippen molar-refractivity contribution in [2.75, 3.05) is 23.5 Å². The summed E-state index contributed by atoms with van der Waals surface area (Å²) in [5.41, 5.74) is 5.08. The smallest absolute Gasteiger partial charge is 0.184 e. The number of benzene rings is 1. The molecule has 0 aliphatic heterocycles. The number of sulfone groups is 1. The zero-order valence-electron chi connectivity index (χ0n) is 9.24. The summed E-state index contributed by atoms with van der Waals surface area (Å²) in [6, 6.07) is 1.62. The van der Waals surface area contributed by atoms with Gasteiger partial charge in [0.05, 0.1) is 5.75 Å². The number of hydrogen-bond acceptors (Lipinski definition) is 4. The fourth-order valence-corrected chi connectivity index (χ4v) is 3.43. The Morgan fingerprint density at radius 3 is 2.29 bits per heavy atom. The highest BCUT2D eigenvalue weighted by atomic mass is 32.2. The van der Waals surface area contributed by atoms with Crippen LogP contribution >= 0.6 is 11.8 Å². The molecular formula is C10H13F2NO2S2. The van der Waals surface area contributed by atoms with E-state index < -0.39 is 26.4 Å². The lowest BCUT2D eigenvalue weighted by Gasteiger charge is -2.07. The van der Waals surface area contributed by atoms with Crippen molar-refractivity contribution in [3.05, 3.63) is 23.8 Å². The van der Waals surface area contributed by atoms with Gasteiger partial charge in [-0.15, -0.1) is 0 Å². The molecular weight excluding hydrogens is 268 g/mol. The topological polar surface area (TPSA) is 60.2 Å². The van der Waals surface area contributed by atoms with Crippen LogP contribution in [0.3, 0.4) is 0 Å². The van der Waals surface area contributed by atoms with Gasteiger partial charge in [0.1, 0.15) is 16.5 Å². The first kappa shape index (κ1) is 14.2. The molecule has 1 aromatic rings. The van der Waals surface area contributed by atoms with Crippen LogP contribution in [-0.2, 0) is 9.84 Å². The molecule has 0 radical (unpaired) electrons. The largest absolute Gasteiger partial charge is 0.399 e. The minimum absolute atomic E-state index is 0.136. The Balaban J connectivity index is 3.07. The van der Waals surface area contributed by atoms with Gasteiger partial charge >= 0.3 is 0 Å². The predicted molar refractivity (Wildman–Crippen MR) is 65.8 cm³/mol. The average molecular weight is 281 g/mol. The van der Waals surface area contributed by atoms with E-state index in [0.717, 1.165) is 12.1 Å². The molecule has 0 unspecified atom stereocenters. The van der Waals surface area contributed by atoms with E-state index in [2.05, 4.69) is 0 Å². The quantitative estimate of drug-likeness (QED) is 0.663. The van der Waals surface area contributed by atoms with Gasteiger partial charge in [-0.05, 0) is 30.6 Å². The van der Waals surface area contributed by atoms with Crippen LogP contribution in [0.1, 0.15) is 6.42 Å². The van der Waals surface area contributed by atoms with Crippen molar-refractivity contribution in [3.8, 4) is 0 Å². The predicted octanol–water partition coefficient (Wildman–Crippen LogP) is 2.07. The highest BCUT2D eigenvalue weighted by molar-refractivity contribution is 7.98. The number of anilines is 1. The second kappa shape index (κ2) is 5.68. The minimum Gasteiger partial charge on any atom is -0.399 e. The molecule has 0 bridgehead atoms. The summed E-state index contributed by atoms with van der Waals surface area (Å²) in [6.45, 7) is 0. The Kier molecular flexibility index (Phi) is 4.76. The van der Waals surface area contributed by atoms with Crippen molar-refractivity contribution in [2.24, 2.45) is 0 Å². The molecule has 2 N–H and O–H groups in total. The van der Waals surface area contributed by atoms with Crippen molar-refractivity contribution >= 4 is 27.3 Å². The maximum atomic E-state index is 13.4. The van der Waals surface area contributed by atoms with Gasteiger partial charge in [-0.3, -0.25) is 0 Å². The van der Waals surface area contributed by atoms with Crippen LogP contribution in [0.2, 0.25) is 0 Å². The third kappa shape index (κ3) is 3.57. The van der Waals surface area contributed by atoms with E-state index in [4.69, 9.17) is 5.73 Å². The highest BCUT2D eigenvalue weighted by Gasteiger charge is 2.24. The number of rotatable bonds is 5. The number of thioether (sulfide) groups is 1. The van der Waals surface area contributed by atoms with Crippen molar-refractivity contribution < 1.29 is 17.2 Å². The Morgan fingerprint density at radius 1 is 1.29 bits per heavy atom. The normalized spacial score (nSPS) is 11.7. The Hall–Kier alpha value is -0.820. The molecule has 0 saturated carbocycles. The van der Waals surface area contributed by atoms with E-state index in [1.807, 2.05) is 6.26 Å². The van der Waals surface area contributed by atoms with Gasteiger partial charge in [0, 0.05) is 5.69 Å². The van der Waals surface area contributed by atoms with Crippen molar-refractivity contribution in [3.63, 3.8) is 0 Å². The second-order valence-electron chi connectivity index (χ2n) is 3.48. The van der Waals surface area contributed by atoms with Crippen LogP contribution in [-0.4, -0.2) is 26.2 Å². The lowest BCUT2D eigenvalue weighted by atomic mass is 10.3. The Bertz CT molecular complexity index is 480. The summed E-state index contributed by atoms with van der Waals surface area (Å²) in [5, 5.41) is 0. The summed E-state index contributed by atoms with van der Waals surface area (Å²) < 4.78 is 50.3. The highest BCUT2D eigenvalue weighted by Crippen LogP contribution is 2.23. The van der Waals surface area contributed by atoms with Crippen molar-refractivity contribution in [1.29, 1.82) is 0 Å². The van der Waals surface area contributed by atoms with Gasteiger partial charge < -0.3 is 5.73 Å². The van der Waals surface area contributed by atoms with Gasteiger partial charge in [0.25, 0.3) is 0 Å². The molecule has 0 aliphatic rings. The number of halogens is 2. The Labute approximate surface area is 103 Å². The molecule has 0 atom stereocenters. The fraction of sp³-hybridized carbons (Fsp3) is 0.400. The molecule has 17 heavy (non-hydrogen) atoms. The van der Waals surface area contributed by atoms with Crippen molar-refractivity contribution in [2.45, 2.75) is 11.3 Å². The standard InChI is InChI=1S/C10H13F2NO2S2/c1-16-3-2-4-17(14,15)10-8(11)5-7(13)6-9(10)12/h5-6H,2-4,13H2,1H3. The molecule has 0 fully saturated rings. The number of hydrogen-bond donors (Lipinski definition) is 1. The van der Waals surface area contributed by atoms with Crippen LogP contribution in [0.5, 0.6) is 0 Å². The summed E-state index contributed by atoms with van der Waals surface area (Å²) >= 11 is 1.48. The molecule has 96 valence electrons. The van der Waals surface area contributed by atoms with Gasteiger partial charge in [0.15, 0.2) is 9.84 Å². The Morgan fingerprint density at radius 2 is 1.82 bits per heavy atom. The zero-order valence-corrected chi connectivity index (χ0v) is 10.9. The van der Waals surface area contributed by atoms with E-state index in [9.17, 15) is 17.2 Å². The fourth-order valence-electron chi connectivity index (χ4n) is 1.37. The van der Waals surface area contributed by atoms with Crippen LogP contribution < -0.4 is 5.73 Å². The summed E-state index contributed by atoms with van der Waals surface area (Å²) in [4.78, 5) is -0.882. The van der Waals surface area contributed by atoms with Gasteiger partial charge in [-0.25, -0.2) is 17.2 Å².